The van der Waals surface area contributed by atoms with Crippen molar-refractivity contribution in [3.05, 3.63) is 241 Å². The molecule has 294 valence electrons. The number of fused-ring (bicyclic) bond motifs is 3. The molecule has 4 heteroatoms. The summed E-state index contributed by atoms with van der Waals surface area (Å²) in [7, 11) is 0. The van der Waals surface area contributed by atoms with Crippen molar-refractivity contribution in [1.29, 1.82) is 0 Å². The molecule has 9 aromatic carbocycles. The zero-order chi connectivity index (χ0) is 41.5. The van der Waals surface area contributed by atoms with Crippen molar-refractivity contribution in [2.45, 2.75) is 19.3 Å². The van der Waals surface area contributed by atoms with Crippen LogP contribution in [0, 0.1) is 11.6 Å². The molecule has 0 N–H and O–H groups in total. The first-order valence-electron chi connectivity index (χ1n) is 20.6. The van der Waals surface area contributed by atoms with Gasteiger partial charge in [0.25, 0.3) is 0 Å². The minimum atomic E-state index is -0.284. The van der Waals surface area contributed by atoms with Crippen molar-refractivity contribution in [3.8, 4) is 44.5 Å². The van der Waals surface area contributed by atoms with Crippen LogP contribution in [0.4, 0.5) is 42.9 Å². The van der Waals surface area contributed by atoms with Gasteiger partial charge >= 0.3 is 0 Å². The van der Waals surface area contributed by atoms with Crippen LogP contribution in [0.1, 0.15) is 25.0 Å². The fourth-order valence-electron chi connectivity index (χ4n) is 8.79. The first kappa shape index (κ1) is 37.7. The number of benzene rings is 9. The minimum Gasteiger partial charge on any atom is -0.311 e. The first-order chi connectivity index (χ1) is 29.8. The highest BCUT2D eigenvalue weighted by Crippen LogP contribution is 2.52. The third kappa shape index (κ3) is 7.17. The minimum absolute atomic E-state index is 0.266. The Morgan fingerprint density at radius 2 is 0.590 bits per heavy atom. The zero-order valence-electron chi connectivity index (χ0n) is 33.9. The summed E-state index contributed by atoms with van der Waals surface area (Å²) in [6, 6.07) is 73.3. The Labute approximate surface area is 356 Å². The van der Waals surface area contributed by atoms with Gasteiger partial charge in [0.05, 0.1) is 0 Å². The molecule has 0 unspecified atom stereocenters. The van der Waals surface area contributed by atoms with Gasteiger partial charge in [0.1, 0.15) is 11.6 Å². The van der Waals surface area contributed by atoms with Gasteiger partial charge in [-0.3, -0.25) is 0 Å². The Bertz CT molecular complexity index is 2960. The molecule has 61 heavy (non-hydrogen) atoms. The van der Waals surface area contributed by atoms with Gasteiger partial charge in [-0.25, -0.2) is 8.78 Å². The Kier molecular flexibility index (Phi) is 9.61. The second kappa shape index (κ2) is 15.6. The van der Waals surface area contributed by atoms with Crippen LogP contribution < -0.4 is 9.80 Å². The van der Waals surface area contributed by atoms with E-state index < -0.39 is 0 Å². The predicted molar refractivity (Wildman–Crippen MR) is 250 cm³/mol. The van der Waals surface area contributed by atoms with Gasteiger partial charge in [-0.05, 0) is 159 Å². The average molecular weight is 793 g/mol. The number of nitrogens with zero attached hydrogens (tertiary/aromatic N) is 2. The fourth-order valence-corrected chi connectivity index (χ4v) is 8.79. The lowest BCUT2D eigenvalue weighted by molar-refractivity contribution is 0.627. The normalized spacial score (nSPS) is 12.4. The summed E-state index contributed by atoms with van der Waals surface area (Å²) in [5, 5.41) is 0. The lowest BCUT2D eigenvalue weighted by Crippen LogP contribution is -2.16. The fraction of sp³-hybridized carbons (Fsp3) is 0.0526. The lowest BCUT2D eigenvalue weighted by atomic mass is 9.81. The molecule has 1 aliphatic rings. The van der Waals surface area contributed by atoms with Crippen LogP contribution in [0.25, 0.3) is 44.5 Å². The van der Waals surface area contributed by atoms with Crippen molar-refractivity contribution in [2.75, 3.05) is 9.80 Å². The van der Waals surface area contributed by atoms with E-state index in [9.17, 15) is 8.78 Å². The van der Waals surface area contributed by atoms with Crippen LogP contribution in [0.2, 0.25) is 0 Å². The van der Waals surface area contributed by atoms with E-state index in [1.54, 1.807) is 0 Å². The molecule has 0 bridgehead atoms. The van der Waals surface area contributed by atoms with E-state index in [2.05, 4.69) is 169 Å². The Balaban J connectivity index is 0.967. The molecular formula is C57H42F2N2. The number of hydrogen-bond acceptors (Lipinski definition) is 2. The molecule has 0 fully saturated rings. The Hall–Kier alpha value is -7.56. The second-order valence-electron chi connectivity index (χ2n) is 16.1. The molecule has 0 heterocycles. The van der Waals surface area contributed by atoms with Gasteiger partial charge in [-0.15, -0.1) is 0 Å². The van der Waals surface area contributed by atoms with Crippen molar-refractivity contribution in [2.24, 2.45) is 0 Å². The molecule has 0 saturated heterocycles. The molecular weight excluding hydrogens is 751 g/mol. The van der Waals surface area contributed by atoms with Gasteiger partial charge in [-0.2, -0.15) is 0 Å². The molecule has 0 radical (unpaired) electrons. The Morgan fingerprint density at radius 3 is 1.02 bits per heavy atom. The maximum Gasteiger partial charge on any atom is 0.123 e. The molecule has 2 nitrogen and oxygen atoms in total. The van der Waals surface area contributed by atoms with E-state index in [1.807, 2.05) is 48.5 Å². The SMILES string of the molecule is CC1(C)c2cc(-c3ccc(N(c4ccc(F)cc4)c4ccc(-c5ccccc5)cc4)cc3)ccc2-c2ccc(N(c3ccc(F)cc3)c3ccc(-c4ccccc4)cc3)cc21. The van der Waals surface area contributed by atoms with Crippen LogP contribution in [0.3, 0.4) is 0 Å². The highest BCUT2D eigenvalue weighted by atomic mass is 19.1. The molecule has 0 atom stereocenters. The summed E-state index contributed by atoms with van der Waals surface area (Å²) in [6.45, 7) is 4.60. The van der Waals surface area contributed by atoms with Gasteiger partial charge in [0.2, 0.25) is 0 Å². The topological polar surface area (TPSA) is 6.48 Å². The van der Waals surface area contributed by atoms with E-state index in [4.69, 9.17) is 0 Å². The summed E-state index contributed by atoms with van der Waals surface area (Å²) < 4.78 is 28.3. The molecule has 0 aromatic heterocycles. The summed E-state index contributed by atoms with van der Waals surface area (Å²) in [5.74, 6) is -0.534. The summed E-state index contributed by atoms with van der Waals surface area (Å²) in [6.07, 6.45) is 0. The van der Waals surface area contributed by atoms with Crippen molar-refractivity contribution in [1.82, 2.24) is 0 Å². The number of hydrogen-bond donors (Lipinski definition) is 0. The van der Waals surface area contributed by atoms with Crippen LogP contribution in [-0.2, 0) is 5.41 Å². The summed E-state index contributed by atoms with van der Waals surface area (Å²) in [5.41, 5.74) is 17.2. The molecule has 10 rings (SSSR count). The average Bonchev–Trinajstić information content (AvgIpc) is 3.53. The number of rotatable bonds is 9. The maximum absolute atomic E-state index is 14.2. The lowest BCUT2D eigenvalue weighted by Gasteiger charge is -2.28. The molecule has 0 spiro atoms. The highest BCUT2D eigenvalue weighted by Gasteiger charge is 2.36. The molecule has 0 aliphatic heterocycles. The van der Waals surface area contributed by atoms with Gasteiger partial charge < -0.3 is 9.80 Å². The molecule has 0 saturated carbocycles. The van der Waals surface area contributed by atoms with Crippen LogP contribution >= 0.6 is 0 Å². The van der Waals surface area contributed by atoms with Crippen LogP contribution in [0.15, 0.2) is 218 Å². The van der Waals surface area contributed by atoms with E-state index in [-0.39, 0.29) is 17.0 Å². The maximum atomic E-state index is 14.2. The third-order valence-electron chi connectivity index (χ3n) is 12.0. The molecule has 1 aliphatic carbocycles. The van der Waals surface area contributed by atoms with Gasteiger partial charge in [0.15, 0.2) is 0 Å². The monoisotopic (exact) mass is 792 g/mol. The highest BCUT2D eigenvalue weighted by molar-refractivity contribution is 5.88. The quantitative estimate of drug-likeness (QED) is 0.144. The zero-order valence-corrected chi connectivity index (χ0v) is 33.9. The second-order valence-corrected chi connectivity index (χ2v) is 16.1. The third-order valence-corrected chi connectivity index (χ3v) is 12.0. The standard InChI is InChI=1S/C57H42F2N2/c1-57(2)55-37-44(43-17-28-48(29-18-43)60(50-30-20-45(58)21-31-50)47-24-13-41(14-25-47)39-9-5-3-6-10-39)19-35-53(55)54-36-34-52(38-56(54)57)61(51-32-22-46(59)23-33-51)49-26-15-42(16-27-49)40-11-7-4-8-12-40/h3-38H,1-2H3. The Morgan fingerprint density at radius 1 is 0.295 bits per heavy atom. The van der Waals surface area contributed by atoms with E-state index >= 15 is 0 Å². The van der Waals surface area contributed by atoms with E-state index in [1.165, 1.54) is 46.5 Å². The number of halogens is 2. The van der Waals surface area contributed by atoms with Crippen molar-refractivity contribution >= 4 is 34.1 Å². The van der Waals surface area contributed by atoms with Gasteiger partial charge in [-0.1, -0.05) is 129 Å². The number of anilines is 6. The van der Waals surface area contributed by atoms with Crippen LogP contribution in [-0.4, -0.2) is 0 Å². The summed E-state index contributed by atoms with van der Waals surface area (Å²) in [4.78, 5) is 4.36. The van der Waals surface area contributed by atoms with Gasteiger partial charge in [0, 0.05) is 39.5 Å². The largest absolute Gasteiger partial charge is 0.311 e. The predicted octanol–water partition coefficient (Wildman–Crippen LogP) is 16.2. The van der Waals surface area contributed by atoms with Crippen LogP contribution in [0.5, 0.6) is 0 Å². The molecule has 9 aromatic rings. The van der Waals surface area contributed by atoms with Crippen molar-refractivity contribution in [3.63, 3.8) is 0 Å². The first-order valence-corrected chi connectivity index (χ1v) is 20.6. The molecule has 0 amide bonds. The van der Waals surface area contributed by atoms with E-state index in [0.717, 1.165) is 67.5 Å². The summed E-state index contributed by atoms with van der Waals surface area (Å²) >= 11 is 0. The van der Waals surface area contributed by atoms with E-state index in [0.29, 0.717) is 0 Å². The van der Waals surface area contributed by atoms with Crippen molar-refractivity contribution < 1.29 is 8.78 Å². The smallest absolute Gasteiger partial charge is 0.123 e.